The molecule has 3 aromatic rings. The Morgan fingerprint density at radius 2 is 1.81 bits per heavy atom. The molecule has 0 aromatic heterocycles. The molecule has 5 nitrogen and oxygen atoms in total. The molecule has 36 heavy (non-hydrogen) atoms. The van der Waals surface area contributed by atoms with Gasteiger partial charge in [-0.3, -0.25) is 9.45 Å². The predicted octanol–water partition coefficient (Wildman–Crippen LogP) is 6.19. The summed E-state index contributed by atoms with van der Waals surface area (Å²) in [5, 5.41) is 0.818. The molecular weight excluding hydrogens is 494 g/mol. The van der Waals surface area contributed by atoms with Gasteiger partial charge in [-0.15, -0.1) is 0 Å². The van der Waals surface area contributed by atoms with Crippen molar-refractivity contribution in [2.45, 2.75) is 44.2 Å². The maximum atomic E-state index is 9.19. The molecule has 192 valence electrons. The van der Waals surface area contributed by atoms with Crippen molar-refractivity contribution >= 4 is 21.7 Å². The molecule has 0 bridgehead atoms. The van der Waals surface area contributed by atoms with Crippen molar-refractivity contribution in [3.05, 3.63) is 100 Å². The number of rotatable bonds is 5. The van der Waals surface area contributed by atoms with E-state index in [2.05, 4.69) is 78.6 Å². The molecule has 3 aromatic carbocycles. The quantitative estimate of drug-likeness (QED) is 0.401. The van der Waals surface area contributed by atoms with Crippen LogP contribution < -0.4 is 4.74 Å². The fourth-order valence-electron chi connectivity index (χ4n) is 5.87. The van der Waals surface area contributed by atoms with E-state index in [9.17, 15) is 8.42 Å². The molecule has 0 spiro atoms. The zero-order valence-corrected chi connectivity index (χ0v) is 22.5. The van der Waals surface area contributed by atoms with Gasteiger partial charge in [-0.2, -0.15) is 8.42 Å². The third-order valence-electron chi connectivity index (χ3n) is 7.46. The zero-order valence-electron chi connectivity index (χ0n) is 21.0. The second kappa shape index (κ2) is 11.3. The normalized spacial score (nSPS) is 22.1. The topological polar surface area (TPSA) is 66.8 Å². The molecular formula is C29H34ClNO4S. The lowest BCUT2D eigenvalue weighted by Crippen LogP contribution is -2.37. The molecule has 0 saturated carbocycles. The van der Waals surface area contributed by atoms with Crippen molar-refractivity contribution in [1.82, 2.24) is 4.90 Å². The minimum Gasteiger partial charge on any atom is -0.497 e. The summed E-state index contributed by atoms with van der Waals surface area (Å²) in [5.74, 6) is 2.22. The van der Waals surface area contributed by atoms with Crippen LogP contribution in [0.15, 0.2) is 72.8 Å². The van der Waals surface area contributed by atoms with Crippen molar-refractivity contribution < 1.29 is 17.7 Å². The maximum absolute atomic E-state index is 9.19. The molecule has 1 fully saturated rings. The van der Waals surface area contributed by atoms with E-state index in [1.807, 2.05) is 6.07 Å². The minimum atomic E-state index is -3.67. The van der Waals surface area contributed by atoms with Crippen LogP contribution in [0, 0.1) is 5.92 Å². The van der Waals surface area contributed by atoms with Crippen molar-refractivity contribution in [2.75, 3.05) is 19.9 Å². The number of nitrogens with zero attached hydrogens (tertiary/aromatic N) is 1. The summed E-state index contributed by atoms with van der Waals surface area (Å²) in [6.45, 7) is 3.44. The number of ether oxygens (including phenoxy) is 1. The molecule has 4 atom stereocenters. The van der Waals surface area contributed by atoms with E-state index in [1.165, 1.54) is 28.7 Å². The van der Waals surface area contributed by atoms with Crippen LogP contribution in [0.4, 0.5) is 0 Å². The Labute approximate surface area is 219 Å². The van der Waals surface area contributed by atoms with Gasteiger partial charge in [-0.05, 0) is 78.6 Å². The first-order valence-corrected chi connectivity index (χ1v) is 14.5. The van der Waals surface area contributed by atoms with Crippen LogP contribution in [0.5, 0.6) is 5.75 Å². The maximum Gasteiger partial charge on any atom is 0.261 e. The number of likely N-dealkylation sites (tertiary alicyclic amines) is 1. The molecule has 1 aliphatic carbocycles. The number of hydrogen-bond donors (Lipinski definition) is 1. The Morgan fingerprint density at radius 3 is 2.47 bits per heavy atom. The Bertz CT molecular complexity index is 1270. The molecule has 1 saturated heterocycles. The van der Waals surface area contributed by atoms with Crippen LogP contribution in [0.1, 0.15) is 47.6 Å². The highest BCUT2D eigenvalue weighted by Crippen LogP contribution is 2.49. The number of aryl methyl sites for hydroxylation is 1. The van der Waals surface area contributed by atoms with E-state index in [0.717, 1.165) is 30.2 Å². The smallest absolute Gasteiger partial charge is 0.261 e. The molecule has 2 aliphatic rings. The average molecular weight is 528 g/mol. The van der Waals surface area contributed by atoms with Crippen LogP contribution in [0.2, 0.25) is 5.02 Å². The SMILES string of the molecule is COc1ccc2c(c1)CCC1C2CN(C(C)c2cccc(Cl)c2)C1Cc1ccccc1.CS(=O)(=O)O. The number of fused-ring (bicyclic) bond motifs is 3. The standard InChI is InChI=1S/C28H30ClNO.CH4O3S/c1-19(21-9-6-10-23(29)16-21)30-18-27-25-14-12-24(31-2)17-22(25)11-13-26(27)28(30)15-20-7-4-3-5-8-20;1-5(2,3)4/h3-10,12,14,16-17,19,26-28H,11,13,15,18H2,1-2H3;1H3,(H,2,3,4). The van der Waals surface area contributed by atoms with Gasteiger partial charge in [-0.1, -0.05) is 60.1 Å². The number of hydrogen-bond acceptors (Lipinski definition) is 4. The highest BCUT2D eigenvalue weighted by atomic mass is 35.5. The molecule has 4 unspecified atom stereocenters. The summed E-state index contributed by atoms with van der Waals surface area (Å²) in [4.78, 5) is 2.74. The molecule has 1 heterocycles. The van der Waals surface area contributed by atoms with Crippen molar-refractivity contribution in [2.24, 2.45) is 5.92 Å². The molecule has 0 radical (unpaired) electrons. The molecule has 7 heteroatoms. The van der Waals surface area contributed by atoms with Gasteiger partial charge in [-0.25, -0.2) is 0 Å². The van der Waals surface area contributed by atoms with Crippen LogP contribution in [-0.4, -0.2) is 43.8 Å². The summed E-state index contributed by atoms with van der Waals surface area (Å²) in [5.41, 5.74) is 5.73. The van der Waals surface area contributed by atoms with Gasteiger partial charge >= 0.3 is 0 Å². The fourth-order valence-corrected chi connectivity index (χ4v) is 6.07. The second-order valence-corrected chi connectivity index (χ2v) is 11.7. The van der Waals surface area contributed by atoms with Gasteiger partial charge in [0.15, 0.2) is 0 Å². The van der Waals surface area contributed by atoms with E-state index < -0.39 is 10.1 Å². The zero-order chi connectivity index (χ0) is 25.9. The van der Waals surface area contributed by atoms with Gasteiger partial charge in [0, 0.05) is 29.6 Å². The first kappa shape index (κ1) is 26.7. The number of methoxy groups -OCH3 is 1. The molecule has 1 N–H and O–H groups in total. The third-order valence-corrected chi connectivity index (χ3v) is 7.69. The van der Waals surface area contributed by atoms with Crippen molar-refractivity contribution in [3.8, 4) is 5.75 Å². The van der Waals surface area contributed by atoms with Crippen LogP contribution in [-0.2, 0) is 23.0 Å². The Morgan fingerprint density at radius 1 is 1.08 bits per heavy atom. The lowest BCUT2D eigenvalue weighted by atomic mass is 9.73. The Kier molecular flexibility index (Phi) is 8.41. The van der Waals surface area contributed by atoms with Crippen molar-refractivity contribution in [1.29, 1.82) is 0 Å². The third kappa shape index (κ3) is 6.48. The minimum absolute atomic E-state index is 0.333. The first-order valence-electron chi connectivity index (χ1n) is 12.3. The molecule has 1 aliphatic heterocycles. The summed E-state index contributed by atoms with van der Waals surface area (Å²) in [6, 6.07) is 26.9. The van der Waals surface area contributed by atoms with Gasteiger partial charge in [0.05, 0.1) is 13.4 Å². The van der Waals surface area contributed by atoms with Crippen LogP contribution >= 0.6 is 11.6 Å². The highest BCUT2D eigenvalue weighted by molar-refractivity contribution is 7.85. The Balaban J connectivity index is 0.000000556. The van der Waals surface area contributed by atoms with Gasteiger partial charge in [0.25, 0.3) is 10.1 Å². The van der Waals surface area contributed by atoms with E-state index >= 15 is 0 Å². The fraction of sp³-hybridized carbons (Fsp3) is 0.379. The highest BCUT2D eigenvalue weighted by Gasteiger charge is 2.46. The number of halogens is 1. The Hall–Kier alpha value is -2.38. The van der Waals surface area contributed by atoms with E-state index in [1.54, 1.807) is 7.11 Å². The van der Waals surface area contributed by atoms with E-state index in [-0.39, 0.29) is 0 Å². The van der Waals surface area contributed by atoms with E-state index in [0.29, 0.717) is 30.2 Å². The summed E-state index contributed by atoms with van der Waals surface area (Å²) in [7, 11) is -1.91. The largest absolute Gasteiger partial charge is 0.497 e. The van der Waals surface area contributed by atoms with Crippen LogP contribution in [0.25, 0.3) is 0 Å². The van der Waals surface area contributed by atoms with Crippen molar-refractivity contribution in [3.63, 3.8) is 0 Å². The summed E-state index contributed by atoms with van der Waals surface area (Å²) in [6.07, 6.45) is 4.19. The van der Waals surface area contributed by atoms with E-state index in [4.69, 9.17) is 20.9 Å². The molecule has 5 rings (SSSR count). The summed E-state index contributed by atoms with van der Waals surface area (Å²) >= 11 is 6.35. The lowest BCUT2D eigenvalue weighted by molar-refractivity contribution is 0.167. The van der Waals surface area contributed by atoms with Crippen LogP contribution in [0.3, 0.4) is 0 Å². The first-order chi connectivity index (χ1) is 17.1. The van der Waals surface area contributed by atoms with Gasteiger partial charge in [0.2, 0.25) is 0 Å². The van der Waals surface area contributed by atoms with Gasteiger partial charge < -0.3 is 4.74 Å². The predicted molar refractivity (Wildman–Crippen MR) is 146 cm³/mol. The monoisotopic (exact) mass is 527 g/mol. The lowest BCUT2D eigenvalue weighted by Gasteiger charge is -2.34. The second-order valence-electron chi connectivity index (χ2n) is 9.79. The number of benzene rings is 3. The molecule has 0 amide bonds. The van der Waals surface area contributed by atoms with Gasteiger partial charge in [0.1, 0.15) is 5.75 Å². The average Bonchev–Trinajstić information content (AvgIpc) is 3.21. The summed E-state index contributed by atoms with van der Waals surface area (Å²) < 4.78 is 31.4.